The third-order valence-electron chi connectivity index (χ3n) is 5.44. The highest BCUT2D eigenvalue weighted by atomic mass is 16.5. The Morgan fingerprint density at radius 1 is 1.08 bits per heavy atom. The highest BCUT2D eigenvalue weighted by Crippen LogP contribution is 2.28. The summed E-state index contributed by atoms with van der Waals surface area (Å²) in [5.41, 5.74) is 4.23. The molecule has 2 unspecified atom stereocenters. The standard InChI is InChI=1S/C23H40BNO/c1-18(2)10-8-11-20(5)12-9-13-21(6)14-15-25-16-22(24)26-23(7,17-25)19(3)4/h10,12,14,19,22H,8-9,11,13,15-17H2,1-7H3/b20-12+,21-14+. The number of ether oxygens (including phenoxy) is 1. The van der Waals surface area contributed by atoms with Gasteiger partial charge in [-0.2, -0.15) is 0 Å². The van der Waals surface area contributed by atoms with Gasteiger partial charge < -0.3 is 4.74 Å². The van der Waals surface area contributed by atoms with Crippen LogP contribution in [0.1, 0.15) is 74.1 Å². The van der Waals surface area contributed by atoms with Crippen LogP contribution in [0.5, 0.6) is 0 Å². The first-order valence-electron chi connectivity index (χ1n) is 10.2. The molecule has 0 saturated carbocycles. The minimum Gasteiger partial charge on any atom is -0.379 e. The number of morpholine rings is 1. The summed E-state index contributed by atoms with van der Waals surface area (Å²) in [6.07, 6.45) is 11.7. The van der Waals surface area contributed by atoms with Gasteiger partial charge in [-0.15, -0.1) is 0 Å². The number of nitrogens with zero attached hydrogens (tertiary/aromatic N) is 1. The molecular weight excluding hydrogens is 317 g/mol. The van der Waals surface area contributed by atoms with Crippen molar-refractivity contribution in [1.29, 1.82) is 0 Å². The molecule has 1 aliphatic heterocycles. The van der Waals surface area contributed by atoms with Crippen molar-refractivity contribution in [2.75, 3.05) is 19.6 Å². The van der Waals surface area contributed by atoms with Crippen molar-refractivity contribution in [3.05, 3.63) is 34.9 Å². The molecule has 0 aromatic carbocycles. The average molecular weight is 357 g/mol. The SMILES string of the molecule is [B]C1CN(C/C=C(\C)CC/C=C(\C)CCC=C(C)C)CC(C)(C(C)C)O1. The quantitative estimate of drug-likeness (QED) is 0.391. The molecule has 0 spiro atoms. The number of rotatable bonds is 9. The van der Waals surface area contributed by atoms with Crippen LogP contribution in [-0.4, -0.2) is 44.0 Å². The van der Waals surface area contributed by atoms with Gasteiger partial charge in [0.2, 0.25) is 0 Å². The number of hydrogen-bond acceptors (Lipinski definition) is 2. The van der Waals surface area contributed by atoms with Gasteiger partial charge in [0.25, 0.3) is 0 Å². The predicted molar refractivity (Wildman–Crippen MR) is 116 cm³/mol. The molecule has 1 saturated heterocycles. The van der Waals surface area contributed by atoms with Crippen molar-refractivity contribution < 1.29 is 4.74 Å². The third kappa shape index (κ3) is 8.73. The lowest BCUT2D eigenvalue weighted by Crippen LogP contribution is -2.56. The largest absolute Gasteiger partial charge is 0.379 e. The van der Waals surface area contributed by atoms with Crippen LogP contribution >= 0.6 is 0 Å². The van der Waals surface area contributed by atoms with Crippen molar-refractivity contribution >= 4 is 7.85 Å². The van der Waals surface area contributed by atoms with Crippen LogP contribution in [0.25, 0.3) is 0 Å². The Morgan fingerprint density at radius 3 is 2.23 bits per heavy atom. The average Bonchev–Trinajstić information content (AvgIpc) is 2.51. The topological polar surface area (TPSA) is 12.5 Å². The fourth-order valence-corrected chi connectivity index (χ4v) is 3.26. The maximum Gasteiger partial charge on any atom is 0.110 e. The molecular formula is C23H40BNO. The lowest BCUT2D eigenvalue weighted by molar-refractivity contribution is -0.137. The summed E-state index contributed by atoms with van der Waals surface area (Å²) in [5, 5.41) is 0. The van der Waals surface area contributed by atoms with Gasteiger partial charge >= 0.3 is 0 Å². The summed E-state index contributed by atoms with van der Waals surface area (Å²) in [7, 11) is 6.12. The fourth-order valence-electron chi connectivity index (χ4n) is 3.26. The van der Waals surface area contributed by atoms with E-state index in [0.29, 0.717) is 5.92 Å². The molecule has 1 fully saturated rings. The molecule has 1 rings (SSSR count). The Balaban J connectivity index is 2.42. The first kappa shape index (κ1) is 23.2. The van der Waals surface area contributed by atoms with Crippen molar-refractivity contribution in [3.63, 3.8) is 0 Å². The van der Waals surface area contributed by atoms with E-state index in [9.17, 15) is 0 Å². The summed E-state index contributed by atoms with van der Waals surface area (Å²) >= 11 is 0. The van der Waals surface area contributed by atoms with Gasteiger partial charge in [0, 0.05) is 25.6 Å². The molecule has 0 N–H and O–H groups in total. The Morgan fingerprint density at radius 2 is 1.65 bits per heavy atom. The minimum absolute atomic E-state index is 0.148. The zero-order valence-electron chi connectivity index (χ0n) is 18.3. The molecule has 1 aliphatic rings. The van der Waals surface area contributed by atoms with E-state index in [1.54, 1.807) is 0 Å². The second kappa shape index (κ2) is 11.1. The zero-order valence-corrected chi connectivity index (χ0v) is 18.3. The summed E-state index contributed by atoms with van der Waals surface area (Å²) in [6.45, 7) is 18.2. The van der Waals surface area contributed by atoms with Crippen LogP contribution in [0.4, 0.5) is 0 Å². The third-order valence-corrected chi connectivity index (χ3v) is 5.44. The Bertz CT molecular complexity index is 516. The van der Waals surface area contributed by atoms with Gasteiger partial charge in [0.15, 0.2) is 0 Å². The number of allylic oxidation sites excluding steroid dienone is 5. The van der Waals surface area contributed by atoms with Crippen molar-refractivity contribution in [2.24, 2.45) is 5.92 Å². The molecule has 0 bridgehead atoms. The first-order chi connectivity index (χ1) is 12.1. The summed E-state index contributed by atoms with van der Waals surface area (Å²) < 4.78 is 6.01. The molecule has 146 valence electrons. The van der Waals surface area contributed by atoms with E-state index in [4.69, 9.17) is 12.6 Å². The van der Waals surface area contributed by atoms with E-state index in [1.165, 1.54) is 23.1 Å². The van der Waals surface area contributed by atoms with Gasteiger partial charge in [0.1, 0.15) is 7.85 Å². The number of hydrogen-bond donors (Lipinski definition) is 0. The normalized spacial score (nSPS) is 25.6. The van der Waals surface area contributed by atoms with E-state index in [2.05, 4.69) is 71.6 Å². The Hall–Kier alpha value is -0.795. The van der Waals surface area contributed by atoms with Gasteiger partial charge in [-0.25, -0.2) is 0 Å². The van der Waals surface area contributed by atoms with Crippen molar-refractivity contribution in [1.82, 2.24) is 4.90 Å². The maximum absolute atomic E-state index is 6.12. The summed E-state index contributed by atoms with van der Waals surface area (Å²) in [5.74, 6) is 0.459. The highest BCUT2D eigenvalue weighted by Gasteiger charge is 2.37. The van der Waals surface area contributed by atoms with Crippen LogP contribution in [0.2, 0.25) is 0 Å². The van der Waals surface area contributed by atoms with Crippen molar-refractivity contribution in [3.8, 4) is 0 Å². The molecule has 1 heterocycles. The second-order valence-corrected chi connectivity index (χ2v) is 8.78. The minimum atomic E-state index is -0.184. The van der Waals surface area contributed by atoms with Gasteiger partial charge in [-0.1, -0.05) is 48.8 Å². The molecule has 0 aromatic rings. The van der Waals surface area contributed by atoms with Crippen LogP contribution in [-0.2, 0) is 4.74 Å². The lowest BCUT2D eigenvalue weighted by Gasteiger charge is -2.46. The van der Waals surface area contributed by atoms with Crippen molar-refractivity contribution in [2.45, 2.75) is 85.8 Å². The van der Waals surface area contributed by atoms with Gasteiger partial charge in [0.05, 0.1) is 5.60 Å². The maximum atomic E-state index is 6.12. The van der Waals surface area contributed by atoms with Crippen LogP contribution in [0.15, 0.2) is 34.9 Å². The van der Waals surface area contributed by atoms with E-state index < -0.39 is 0 Å². The van der Waals surface area contributed by atoms with Gasteiger partial charge in [-0.05, 0) is 66.2 Å². The van der Waals surface area contributed by atoms with E-state index in [-0.39, 0.29) is 11.6 Å². The molecule has 26 heavy (non-hydrogen) atoms. The van der Waals surface area contributed by atoms with E-state index in [0.717, 1.165) is 38.9 Å². The fraction of sp³-hybridized carbons (Fsp3) is 0.739. The molecule has 0 amide bonds. The lowest BCUT2D eigenvalue weighted by atomic mass is 9.86. The smallest absolute Gasteiger partial charge is 0.110 e. The highest BCUT2D eigenvalue weighted by molar-refractivity contribution is 6.11. The zero-order chi connectivity index (χ0) is 19.7. The second-order valence-electron chi connectivity index (χ2n) is 8.78. The predicted octanol–water partition coefficient (Wildman–Crippen LogP) is 5.65. The molecule has 0 aliphatic carbocycles. The van der Waals surface area contributed by atoms with Gasteiger partial charge in [-0.3, -0.25) is 4.90 Å². The van der Waals surface area contributed by atoms with Crippen LogP contribution in [0, 0.1) is 5.92 Å². The summed E-state index contributed by atoms with van der Waals surface area (Å²) in [6, 6.07) is -0.184. The Labute approximate surface area is 164 Å². The molecule has 3 heteroatoms. The first-order valence-corrected chi connectivity index (χ1v) is 10.2. The molecule has 0 aromatic heterocycles. The monoisotopic (exact) mass is 357 g/mol. The molecule has 2 atom stereocenters. The van der Waals surface area contributed by atoms with Crippen LogP contribution in [0.3, 0.4) is 0 Å². The molecule has 2 nitrogen and oxygen atoms in total. The van der Waals surface area contributed by atoms with E-state index >= 15 is 0 Å². The molecule has 2 radical (unpaired) electrons. The summed E-state index contributed by atoms with van der Waals surface area (Å²) in [4.78, 5) is 2.43. The van der Waals surface area contributed by atoms with E-state index in [1.807, 2.05) is 0 Å². The van der Waals surface area contributed by atoms with Crippen LogP contribution < -0.4 is 0 Å². The Kier molecular flexibility index (Phi) is 9.96.